The molecule has 0 bridgehead atoms. The first kappa shape index (κ1) is 16.6. The minimum absolute atomic E-state index is 0.118. The molecule has 0 radical (unpaired) electrons. The Morgan fingerprint density at radius 1 is 1.13 bits per heavy atom. The molecular formula is C17H20Cl2N2O2. The normalized spacial score (nSPS) is 24.4. The van der Waals surface area contributed by atoms with Crippen molar-refractivity contribution in [2.24, 2.45) is 17.8 Å². The molecule has 1 N–H and O–H groups in total. The molecule has 23 heavy (non-hydrogen) atoms. The van der Waals surface area contributed by atoms with Crippen molar-refractivity contribution in [1.82, 2.24) is 4.90 Å². The summed E-state index contributed by atoms with van der Waals surface area (Å²) in [7, 11) is 0. The minimum atomic E-state index is -0.226. The number of anilines is 1. The van der Waals surface area contributed by atoms with Crippen LogP contribution in [0.25, 0.3) is 0 Å². The number of piperidine rings is 1. The molecule has 2 aliphatic rings. The summed E-state index contributed by atoms with van der Waals surface area (Å²) in [6.07, 6.45) is 2.75. The molecular weight excluding hydrogens is 335 g/mol. The average molecular weight is 355 g/mol. The lowest BCUT2D eigenvalue weighted by Gasteiger charge is -2.30. The number of halogens is 2. The highest BCUT2D eigenvalue weighted by molar-refractivity contribution is 6.42. The van der Waals surface area contributed by atoms with Crippen LogP contribution < -0.4 is 5.32 Å². The van der Waals surface area contributed by atoms with Crippen LogP contribution in [0, 0.1) is 17.8 Å². The van der Waals surface area contributed by atoms with Gasteiger partial charge in [0.25, 0.3) is 0 Å². The second-order valence-electron chi connectivity index (χ2n) is 6.57. The van der Waals surface area contributed by atoms with Crippen molar-refractivity contribution in [1.29, 1.82) is 0 Å². The summed E-state index contributed by atoms with van der Waals surface area (Å²) >= 11 is 11.8. The van der Waals surface area contributed by atoms with Gasteiger partial charge in [0, 0.05) is 18.8 Å². The molecule has 124 valence electrons. The maximum absolute atomic E-state index is 12.4. The highest BCUT2D eigenvalue weighted by Gasteiger charge is 2.49. The maximum atomic E-state index is 12.4. The molecule has 1 aromatic rings. The third-order valence-electron chi connectivity index (χ3n) is 4.73. The van der Waals surface area contributed by atoms with Gasteiger partial charge in [0.15, 0.2) is 0 Å². The third kappa shape index (κ3) is 3.81. The zero-order valence-corrected chi connectivity index (χ0v) is 14.5. The molecule has 1 aliphatic heterocycles. The van der Waals surface area contributed by atoms with E-state index in [1.165, 1.54) is 0 Å². The highest BCUT2D eigenvalue weighted by Crippen LogP contribution is 2.41. The van der Waals surface area contributed by atoms with Gasteiger partial charge in [0.05, 0.1) is 21.9 Å². The fraction of sp³-hybridized carbons (Fsp3) is 0.529. The average Bonchev–Trinajstić information content (AvgIpc) is 3.32. The van der Waals surface area contributed by atoms with Gasteiger partial charge in [-0.05, 0) is 43.4 Å². The summed E-state index contributed by atoms with van der Waals surface area (Å²) in [6, 6.07) is 4.97. The second-order valence-corrected chi connectivity index (χ2v) is 7.39. The van der Waals surface area contributed by atoms with Crippen LogP contribution in [-0.2, 0) is 9.59 Å². The number of nitrogens with one attached hydrogen (secondary N) is 1. The van der Waals surface area contributed by atoms with Crippen molar-refractivity contribution in [3.63, 3.8) is 0 Å². The number of carbonyl (C=O) groups is 2. The molecule has 0 aromatic heterocycles. The van der Waals surface area contributed by atoms with E-state index < -0.39 is 0 Å². The number of likely N-dealkylation sites (tertiary alicyclic amines) is 1. The Morgan fingerprint density at radius 3 is 2.48 bits per heavy atom. The number of amides is 2. The lowest BCUT2D eigenvalue weighted by Crippen LogP contribution is -2.39. The third-order valence-corrected chi connectivity index (χ3v) is 5.47. The number of benzene rings is 1. The van der Waals surface area contributed by atoms with Gasteiger partial charge >= 0.3 is 0 Å². The second kappa shape index (κ2) is 6.70. The fourth-order valence-electron chi connectivity index (χ4n) is 3.03. The Bertz CT molecular complexity index is 627. The first-order valence-corrected chi connectivity index (χ1v) is 8.76. The highest BCUT2D eigenvalue weighted by atomic mass is 35.5. The summed E-state index contributed by atoms with van der Waals surface area (Å²) in [5.74, 6) is 0.313. The number of hydrogen-bond donors (Lipinski definition) is 1. The molecule has 3 rings (SSSR count). The Kier molecular flexibility index (Phi) is 4.83. The predicted octanol–water partition coefficient (Wildman–Crippen LogP) is 3.83. The first-order chi connectivity index (χ1) is 11.0. The van der Waals surface area contributed by atoms with Gasteiger partial charge in [-0.2, -0.15) is 0 Å². The minimum Gasteiger partial charge on any atom is -0.342 e. The SMILES string of the molecule is CC1CCN(C(=O)C2CC2C(=O)Nc2ccc(Cl)c(Cl)c2)CC1. The summed E-state index contributed by atoms with van der Waals surface area (Å²) in [4.78, 5) is 26.6. The molecule has 2 unspecified atom stereocenters. The Labute approximate surface area is 146 Å². The van der Waals surface area contributed by atoms with Gasteiger partial charge in [-0.15, -0.1) is 0 Å². The predicted molar refractivity (Wildman–Crippen MR) is 91.7 cm³/mol. The number of hydrogen-bond acceptors (Lipinski definition) is 2. The summed E-state index contributed by atoms with van der Waals surface area (Å²) in [5.41, 5.74) is 0.606. The largest absolute Gasteiger partial charge is 0.342 e. The smallest absolute Gasteiger partial charge is 0.228 e. The van der Waals surface area contributed by atoms with Crippen molar-refractivity contribution in [2.75, 3.05) is 18.4 Å². The van der Waals surface area contributed by atoms with Gasteiger partial charge in [0.2, 0.25) is 11.8 Å². The van der Waals surface area contributed by atoms with Crippen LogP contribution in [0.1, 0.15) is 26.2 Å². The van der Waals surface area contributed by atoms with Crippen LogP contribution >= 0.6 is 23.2 Å². The van der Waals surface area contributed by atoms with E-state index in [-0.39, 0.29) is 23.7 Å². The van der Waals surface area contributed by atoms with E-state index in [2.05, 4.69) is 12.2 Å². The summed E-state index contributed by atoms with van der Waals surface area (Å²) < 4.78 is 0. The molecule has 0 spiro atoms. The molecule has 1 aliphatic carbocycles. The van der Waals surface area contributed by atoms with Crippen LogP contribution in [0.5, 0.6) is 0 Å². The van der Waals surface area contributed by atoms with Crippen LogP contribution in [0.15, 0.2) is 18.2 Å². The van der Waals surface area contributed by atoms with Gasteiger partial charge < -0.3 is 10.2 Å². The Balaban J connectivity index is 1.54. The topological polar surface area (TPSA) is 49.4 Å². The van der Waals surface area contributed by atoms with E-state index in [1.807, 2.05) is 4.90 Å². The molecule has 1 saturated carbocycles. The number of rotatable bonds is 3. The summed E-state index contributed by atoms with van der Waals surface area (Å²) in [6.45, 7) is 3.85. The van der Waals surface area contributed by atoms with Crippen molar-refractivity contribution < 1.29 is 9.59 Å². The van der Waals surface area contributed by atoms with Crippen LogP contribution in [0.2, 0.25) is 10.0 Å². The Hall–Kier alpha value is -1.26. The maximum Gasteiger partial charge on any atom is 0.228 e. The molecule has 2 atom stereocenters. The zero-order chi connectivity index (χ0) is 16.6. The van der Waals surface area contributed by atoms with Crippen molar-refractivity contribution in [3.05, 3.63) is 28.2 Å². The molecule has 1 aromatic carbocycles. The van der Waals surface area contributed by atoms with Gasteiger partial charge in [-0.1, -0.05) is 30.1 Å². The molecule has 2 amide bonds. The number of carbonyl (C=O) groups excluding carboxylic acids is 2. The van der Waals surface area contributed by atoms with Crippen molar-refractivity contribution >= 4 is 40.7 Å². The van der Waals surface area contributed by atoms with Gasteiger partial charge in [-0.3, -0.25) is 9.59 Å². The molecule has 4 nitrogen and oxygen atoms in total. The van der Waals surface area contributed by atoms with E-state index in [4.69, 9.17) is 23.2 Å². The van der Waals surface area contributed by atoms with Crippen molar-refractivity contribution in [2.45, 2.75) is 26.2 Å². The van der Waals surface area contributed by atoms with Crippen LogP contribution in [-0.4, -0.2) is 29.8 Å². The summed E-state index contributed by atoms with van der Waals surface area (Å²) in [5, 5.41) is 3.66. The van der Waals surface area contributed by atoms with E-state index in [1.54, 1.807) is 18.2 Å². The van der Waals surface area contributed by atoms with E-state index >= 15 is 0 Å². The molecule has 1 heterocycles. The van der Waals surface area contributed by atoms with Crippen LogP contribution in [0.4, 0.5) is 5.69 Å². The van der Waals surface area contributed by atoms with Gasteiger partial charge in [-0.25, -0.2) is 0 Å². The standard InChI is InChI=1S/C17H20Cl2N2O2/c1-10-4-6-21(7-5-10)17(23)13-9-12(13)16(22)20-11-2-3-14(18)15(19)8-11/h2-3,8,10,12-13H,4-7,9H2,1H3,(H,20,22). The Morgan fingerprint density at radius 2 is 1.83 bits per heavy atom. The lowest BCUT2D eigenvalue weighted by atomic mass is 9.99. The molecule has 6 heteroatoms. The quantitative estimate of drug-likeness (QED) is 0.896. The van der Waals surface area contributed by atoms with E-state index in [0.29, 0.717) is 28.1 Å². The number of nitrogens with zero attached hydrogens (tertiary/aromatic N) is 1. The molecule has 2 fully saturated rings. The van der Waals surface area contributed by atoms with E-state index in [9.17, 15) is 9.59 Å². The zero-order valence-electron chi connectivity index (χ0n) is 13.0. The van der Waals surface area contributed by atoms with Crippen molar-refractivity contribution in [3.8, 4) is 0 Å². The first-order valence-electron chi connectivity index (χ1n) is 8.00. The van der Waals surface area contributed by atoms with E-state index in [0.717, 1.165) is 25.9 Å². The lowest BCUT2D eigenvalue weighted by molar-refractivity contribution is -0.135. The van der Waals surface area contributed by atoms with Gasteiger partial charge in [0.1, 0.15) is 0 Å². The van der Waals surface area contributed by atoms with Crippen LogP contribution in [0.3, 0.4) is 0 Å². The molecule has 1 saturated heterocycles. The fourth-order valence-corrected chi connectivity index (χ4v) is 3.33. The monoisotopic (exact) mass is 354 g/mol.